The van der Waals surface area contributed by atoms with Crippen molar-refractivity contribution in [1.82, 2.24) is 0 Å². The molecule has 1 rings (SSSR count). The van der Waals surface area contributed by atoms with Crippen LogP contribution in [0.1, 0.15) is 38.7 Å². The van der Waals surface area contributed by atoms with Gasteiger partial charge in [0.15, 0.2) is 0 Å². The Balaban J connectivity index is 3.04. The van der Waals surface area contributed by atoms with Crippen LogP contribution in [0.5, 0.6) is 0 Å². The Labute approximate surface area is 151 Å². The van der Waals surface area contributed by atoms with Crippen LogP contribution in [0.3, 0.4) is 0 Å². The number of aliphatic carboxylic acids is 1. The van der Waals surface area contributed by atoms with Gasteiger partial charge in [0.25, 0.3) is 0 Å². The Hall–Kier alpha value is -2.77. The molecule has 8 nitrogen and oxygen atoms in total. The predicted molar refractivity (Wildman–Crippen MR) is 96.1 cm³/mol. The zero-order valence-electron chi connectivity index (χ0n) is 14.9. The minimum Gasteiger partial charge on any atom is -0.478 e. The number of nitrogens with zero attached hydrogens (tertiary/aromatic N) is 2. The maximum Gasteiger partial charge on any atom is 0.331 e. The van der Waals surface area contributed by atoms with E-state index in [9.17, 15) is 30.1 Å². The molecule has 0 bridgehead atoms. The number of allylic oxidation sites excluding steroid dienone is 1. The second kappa shape index (κ2) is 10.3. The van der Waals surface area contributed by atoms with E-state index in [2.05, 4.69) is 0 Å². The molecule has 0 amide bonds. The van der Waals surface area contributed by atoms with Gasteiger partial charge < -0.3 is 5.11 Å². The van der Waals surface area contributed by atoms with Gasteiger partial charge >= 0.3 is 5.97 Å². The van der Waals surface area contributed by atoms with Crippen LogP contribution >= 0.6 is 0 Å². The van der Waals surface area contributed by atoms with E-state index in [0.29, 0.717) is 12.8 Å². The summed E-state index contributed by atoms with van der Waals surface area (Å²) in [5, 5.41) is 32.1. The first-order valence-electron chi connectivity index (χ1n) is 8.52. The smallest absolute Gasteiger partial charge is 0.331 e. The lowest BCUT2D eigenvalue weighted by molar-refractivity contribution is -0.565. The molecule has 0 aromatic heterocycles. The zero-order valence-corrected chi connectivity index (χ0v) is 14.9. The van der Waals surface area contributed by atoms with E-state index < -0.39 is 33.8 Å². The number of carboxylic acid groups (broad SMARTS) is 1. The quantitative estimate of drug-likeness (QED) is 0.365. The molecule has 1 N–H and O–H groups in total. The summed E-state index contributed by atoms with van der Waals surface area (Å²) in [6, 6.07) is 6.75. The average Bonchev–Trinajstić information content (AvgIpc) is 2.58. The third-order valence-corrected chi connectivity index (χ3v) is 4.42. The molecule has 0 aliphatic heterocycles. The lowest BCUT2D eigenvalue weighted by Crippen LogP contribution is -2.36. The first-order chi connectivity index (χ1) is 12.3. The van der Waals surface area contributed by atoms with Crippen molar-refractivity contribution in [3.63, 3.8) is 0 Å². The maximum atomic E-state index is 11.6. The second-order valence-electron chi connectivity index (χ2n) is 6.26. The van der Waals surface area contributed by atoms with Crippen molar-refractivity contribution >= 4 is 5.97 Å². The number of benzene rings is 1. The van der Waals surface area contributed by atoms with Crippen LogP contribution in [0.2, 0.25) is 0 Å². The van der Waals surface area contributed by atoms with E-state index in [1.165, 1.54) is 13.0 Å². The monoisotopic (exact) mass is 364 g/mol. The van der Waals surface area contributed by atoms with E-state index >= 15 is 0 Å². The molecule has 0 aliphatic rings. The van der Waals surface area contributed by atoms with E-state index in [0.717, 1.165) is 5.56 Å². The Bertz CT molecular complexity index is 659. The summed E-state index contributed by atoms with van der Waals surface area (Å²) in [6.07, 6.45) is 2.25. The Morgan fingerprint density at radius 2 is 1.81 bits per heavy atom. The van der Waals surface area contributed by atoms with Crippen LogP contribution < -0.4 is 0 Å². The summed E-state index contributed by atoms with van der Waals surface area (Å²) in [7, 11) is 0. The summed E-state index contributed by atoms with van der Waals surface area (Å²) in [6.45, 7) is 3.21. The lowest BCUT2D eigenvalue weighted by atomic mass is 9.87. The van der Waals surface area contributed by atoms with Crippen molar-refractivity contribution in [2.45, 2.75) is 51.6 Å². The van der Waals surface area contributed by atoms with Gasteiger partial charge in [-0.1, -0.05) is 50.3 Å². The topological polar surface area (TPSA) is 124 Å². The fourth-order valence-corrected chi connectivity index (χ4v) is 2.91. The summed E-state index contributed by atoms with van der Waals surface area (Å²) in [5.41, 5.74) is 0.791. The molecule has 0 radical (unpaired) electrons. The highest BCUT2D eigenvalue weighted by molar-refractivity contribution is 5.87. The van der Waals surface area contributed by atoms with Gasteiger partial charge in [-0.05, 0) is 18.4 Å². The highest BCUT2D eigenvalue weighted by Gasteiger charge is 2.38. The van der Waals surface area contributed by atoms with E-state index in [1.807, 2.05) is 30.3 Å². The van der Waals surface area contributed by atoms with Crippen molar-refractivity contribution in [1.29, 1.82) is 0 Å². The molecule has 142 valence electrons. The Morgan fingerprint density at radius 1 is 1.19 bits per heavy atom. The zero-order chi connectivity index (χ0) is 19.7. The second-order valence-corrected chi connectivity index (χ2v) is 6.26. The van der Waals surface area contributed by atoms with Crippen LogP contribution in [-0.4, -0.2) is 33.0 Å². The third kappa shape index (κ3) is 6.27. The van der Waals surface area contributed by atoms with Crippen LogP contribution in [0.25, 0.3) is 0 Å². The van der Waals surface area contributed by atoms with Gasteiger partial charge in [-0.15, -0.1) is 0 Å². The predicted octanol–water partition coefficient (Wildman–Crippen LogP) is 3.36. The number of rotatable bonds is 11. The first kappa shape index (κ1) is 21.3. The van der Waals surface area contributed by atoms with E-state index in [4.69, 9.17) is 0 Å². The van der Waals surface area contributed by atoms with Gasteiger partial charge in [-0.25, -0.2) is 4.79 Å². The maximum absolute atomic E-state index is 11.6. The molecule has 3 unspecified atom stereocenters. The standard InChI is InChI=1S/C18H24N2O6/c1-3-7-15(19(23)24)12-17(20(25)26)13(2)16(18(21)22)11-10-14-8-5-4-6-9-14/h4-6,8-9,11,13,15,17H,3,7,10,12H2,1-2H3,(H,21,22)/b16-11+. The van der Waals surface area contributed by atoms with Crippen molar-refractivity contribution in [3.8, 4) is 0 Å². The Kier molecular flexibility index (Phi) is 8.41. The van der Waals surface area contributed by atoms with Gasteiger partial charge in [-0.2, -0.15) is 0 Å². The number of hydrogen-bond donors (Lipinski definition) is 1. The summed E-state index contributed by atoms with van der Waals surface area (Å²) in [4.78, 5) is 33.1. The highest BCUT2D eigenvalue weighted by Crippen LogP contribution is 2.24. The fraction of sp³-hybridized carbons (Fsp3) is 0.500. The molecule has 0 spiro atoms. The lowest BCUT2D eigenvalue weighted by Gasteiger charge is -2.19. The number of carbonyl (C=O) groups is 1. The molecular weight excluding hydrogens is 340 g/mol. The minimum atomic E-state index is -1.32. The molecule has 0 heterocycles. The highest BCUT2D eigenvalue weighted by atomic mass is 16.6. The van der Waals surface area contributed by atoms with Crippen molar-refractivity contribution in [3.05, 3.63) is 67.8 Å². The van der Waals surface area contributed by atoms with Crippen LogP contribution in [-0.2, 0) is 11.2 Å². The largest absolute Gasteiger partial charge is 0.478 e. The van der Waals surface area contributed by atoms with Gasteiger partial charge in [-0.3, -0.25) is 20.2 Å². The van der Waals surface area contributed by atoms with Gasteiger partial charge in [0.1, 0.15) is 0 Å². The Morgan fingerprint density at radius 3 is 2.27 bits per heavy atom. The molecule has 8 heteroatoms. The van der Waals surface area contributed by atoms with Gasteiger partial charge in [0.2, 0.25) is 12.1 Å². The van der Waals surface area contributed by atoms with Gasteiger partial charge in [0, 0.05) is 21.8 Å². The van der Waals surface area contributed by atoms with Crippen molar-refractivity contribution < 1.29 is 19.7 Å². The van der Waals surface area contributed by atoms with Crippen LogP contribution in [0.4, 0.5) is 0 Å². The molecule has 3 atom stereocenters. The fourth-order valence-electron chi connectivity index (χ4n) is 2.91. The van der Waals surface area contributed by atoms with Crippen molar-refractivity contribution in [2.75, 3.05) is 0 Å². The molecule has 1 aromatic rings. The van der Waals surface area contributed by atoms with E-state index in [-0.39, 0.29) is 18.4 Å². The first-order valence-corrected chi connectivity index (χ1v) is 8.52. The molecular formula is C18H24N2O6. The van der Waals surface area contributed by atoms with E-state index in [1.54, 1.807) is 6.92 Å². The molecule has 0 fully saturated rings. The number of nitro groups is 2. The normalized spacial score (nSPS) is 15.1. The third-order valence-electron chi connectivity index (χ3n) is 4.42. The molecule has 0 aliphatic carbocycles. The summed E-state index contributed by atoms with van der Waals surface area (Å²) in [5.74, 6) is -2.18. The van der Waals surface area contributed by atoms with Crippen LogP contribution in [0, 0.1) is 26.1 Å². The van der Waals surface area contributed by atoms with Crippen LogP contribution in [0.15, 0.2) is 42.0 Å². The molecule has 0 saturated heterocycles. The molecule has 1 aromatic carbocycles. The SMILES string of the molecule is CCCC(CC(C(C)/C(=C\Cc1ccccc1)C(=O)O)[N+](=O)[O-])[N+](=O)[O-]. The molecule has 0 saturated carbocycles. The number of carboxylic acids is 1. The van der Waals surface area contributed by atoms with Crippen molar-refractivity contribution in [2.24, 2.45) is 5.92 Å². The number of hydrogen-bond acceptors (Lipinski definition) is 5. The summed E-state index contributed by atoms with van der Waals surface area (Å²) < 4.78 is 0. The minimum absolute atomic E-state index is 0.0888. The average molecular weight is 364 g/mol. The molecule has 26 heavy (non-hydrogen) atoms. The van der Waals surface area contributed by atoms with Gasteiger partial charge in [0.05, 0.1) is 12.3 Å². The summed E-state index contributed by atoms with van der Waals surface area (Å²) >= 11 is 0.